The molecule has 1 unspecified atom stereocenters. The van der Waals surface area contributed by atoms with Crippen molar-refractivity contribution in [2.45, 2.75) is 45.6 Å². The van der Waals surface area contributed by atoms with Gasteiger partial charge in [0.25, 0.3) is 0 Å². The zero-order valence-corrected chi connectivity index (χ0v) is 19.1. The van der Waals surface area contributed by atoms with E-state index in [0.717, 1.165) is 57.7 Å². The average Bonchev–Trinajstić information content (AvgIpc) is 2.75. The number of hydrogen-bond acceptors (Lipinski definition) is 5. The largest absolute Gasteiger partial charge is 0.494 e. The van der Waals surface area contributed by atoms with Crippen LogP contribution < -0.4 is 10.1 Å². The van der Waals surface area contributed by atoms with Gasteiger partial charge in [-0.1, -0.05) is 12.1 Å². The van der Waals surface area contributed by atoms with Crippen molar-refractivity contribution in [1.82, 2.24) is 20.0 Å². The summed E-state index contributed by atoms with van der Waals surface area (Å²) in [5.74, 6) is 1.19. The summed E-state index contributed by atoms with van der Waals surface area (Å²) >= 11 is 0. The molecule has 1 atom stereocenters. The summed E-state index contributed by atoms with van der Waals surface area (Å²) in [4.78, 5) is 31.3. The number of nitrogens with one attached hydrogen (secondary N) is 1. The lowest BCUT2D eigenvalue weighted by Crippen LogP contribution is -2.53. The first-order valence-electron chi connectivity index (χ1n) is 11.7. The van der Waals surface area contributed by atoms with Crippen LogP contribution in [-0.2, 0) is 9.59 Å². The lowest BCUT2D eigenvalue weighted by Gasteiger charge is -2.37. The van der Waals surface area contributed by atoms with E-state index in [4.69, 9.17) is 4.74 Å². The second-order valence-corrected chi connectivity index (χ2v) is 8.85. The highest BCUT2D eigenvalue weighted by Crippen LogP contribution is 2.17. The third-order valence-corrected chi connectivity index (χ3v) is 6.22. The summed E-state index contributed by atoms with van der Waals surface area (Å²) in [5.41, 5.74) is 1.18. The molecule has 0 radical (unpaired) electrons. The quantitative estimate of drug-likeness (QED) is 0.606. The van der Waals surface area contributed by atoms with Crippen LogP contribution in [0.25, 0.3) is 0 Å². The first-order chi connectivity index (χ1) is 15.0. The summed E-state index contributed by atoms with van der Waals surface area (Å²) in [6.07, 6.45) is 4.25. The maximum absolute atomic E-state index is 12.6. The minimum absolute atomic E-state index is 0.0576. The van der Waals surface area contributed by atoms with E-state index in [-0.39, 0.29) is 11.8 Å². The van der Waals surface area contributed by atoms with E-state index in [1.165, 1.54) is 12.0 Å². The molecular weight excluding hydrogens is 392 g/mol. The fraction of sp³-hybridized carbons (Fsp3) is 0.667. The Morgan fingerprint density at radius 3 is 2.52 bits per heavy atom. The van der Waals surface area contributed by atoms with Crippen LogP contribution in [0.4, 0.5) is 0 Å². The van der Waals surface area contributed by atoms with Gasteiger partial charge in [0.1, 0.15) is 5.75 Å². The fourth-order valence-corrected chi connectivity index (χ4v) is 4.31. The molecule has 1 N–H and O–H groups in total. The van der Waals surface area contributed by atoms with Gasteiger partial charge < -0.3 is 15.0 Å². The molecule has 0 aliphatic carbocycles. The maximum atomic E-state index is 12.6. The van der Waals surface area contributed by atoms with Crippen LogP contribution in [0.3, 0.4) is 0 Å². The van der Waals surface area contributed by atoms with E-state index in [1.54, 1.807) is 0 Å². The van der Waals surface area contributed by atoms with Crippen molar-refractivity contribution >= 4 is 11.8 Å². The molecular formula is C24H38N4O3. The number of piperazine rings is 1. The monoisotopic (exact) mass is 430 g/mol. The van der Waals surface area contributed by atoms with Gasteiger partial charge in [0, 0.05) is 45.3 Å². The zero-order valence-electron chi connectivity index (χ0n) is 19.1. The molecule has 3 rings (SSSR count). The molecule has 0 saturated carbocycles. The molecule has 0 aromatic heterocycles. The number of amides is 2. The molecule has 2 aliphatic heterocycles. The molecule has 2 fully saturated rings. The molecule has 0 spiro atoms. The molecule has 1 aromatic rings. The maximum Gasteiger partial charge on any atom is 0.236 e. The number of aryl methyl sites for hydroxylation is 1. The Morgan fingerprint density at radius 2 is 1.81 bits per heavy atom. The van der Waals surface area contributed by atoms with Gasteiger partial charge >= 0.3 is 0 Å². The summed E-state index contributed by atoms with van der Waals surface area (Å²) in [6, 6.07) is 8.36. The molecule has 2 amide bonds. The number of likely N-dealkylation sites (tertiary alicyclic amines) is 1. The van der Waals surface area contributed by atoms with Gasteiger partial charge in [-0.25, -0.2) is 0 Å². The Bertz CT molecular complexity index is 719. The molecule has 2 aliphatic rings. The number of nitrogens with zero attached hydrogens (tertiary/aromatic N) is 3. The van der Waals surface area contributed by atoms with Gasteiger partial charge in [0.2, 0.25) is 11.8 Å². The van der Waals surface area contributed by atoms with Gasteiger partial charge in [0.05, 0.1) is 19.7 Å². The number of ether oxygens (including phenoxy) is 1. The van der Waals surface area contributed by atoms with Gasteiger partial charge in [-0.3, -0.25) is 19.4 Å². The number of carbonyl (C=O) groups excluding carboxylic acids is 2. The molecule has 172 valence electrons. The fourth-order valence-electron chi connectivity index (χ4n) is 4.31. The van der Waals surface area contributed by atoms with Gasteiger partial charge in [-0.15, -0.1) is 0 Å². The van der Waals surface area contributed by atoms with Crippen LogP contribution in [-0.4, -0.2) is 91.5 Å². The summed E-state index contributed by atoms with van der Waals surface area (Å²) in [7, 11) is 0. The molecule has 1 aromatic carbocycles. The van der Waals surface area contributed by atoms with E-state index >= 15 is 0 Å². The van der Waals surface area contributed by atoms with Crippen LogP contribution in [0.5, 0.6) is 5.75 Å². The molecule has 0 bridgehead atoms. The highest BCUT2D eigenvalue weighted by Gasteiger charge is 2.26. The Hall–Kier alpha value is -2.12. The lowest BCUT2D eigenvalue weighted by molar-refractivity contribution is -0.136. The van der Waals surface area contributed by atoms with Gasteiger partial charge in [-0.05, 0) is 57.2 Å². The normalized spacial score (nSPS) is 20.5. The van der Waals surface area contributed by atoms with Crippen molar-refractivity contribution < 1.29 is 14.3 Å². The predicted molar refractivity (Wildman–Crippen MR) is 122 cm³/mol. The number of piperidine rings is 1. The summed E-state index contributed by atoms with van der Waals surface area (Å²) in [6.45, 7) is 10.6. The molecule has 7 heteroatoms. The second-order valence-electron chi connectivity index (χ2n) is 8.85. The van der Waals surface area contributed by atoms with Crippen molar-refractivity contribution in [3.05, 3.63) is 29.8 Å². The Morgan fingerprint density at radius 1 is 1.06 bits per heavy atom. The highest BCUT2D eigenvalue weighted by atomic mass is 16.5. The van der Waals surface area contributed by atoms with E-state index in [9.17, 15) is 9.59 Å². The first kappa shape index (κ1) is 23.5. The zero-order chi connectivity index (χ0) is 22.1. The van der Waals surface area contributed by atoms with Crippen molar-refractivity contribution in [3.8, 4) is 5.75 Å². The Balaban J connectivity index is 1.25. The van der Waals surface area contributed by atoms with E-state index in [0.29, 0.717) is 32.3 Å². The standard InChI is InChI=1S/C24H38N4O3/c1-20-7-5-9-22(17-20)31-16-6-10-25-23(29)18-26-12-14-27(15-13-26)19-24(30)28-11-4-3-8-21(28)2/h5,7,9,17,21H,3-4,6,8,10-16,18-19H2,1-2H3,(H,25,29). The SMILES string of the molecule is Cc1cccc(OCCCNC(=O)CN2CCN(CC(=O)N3CCCCC3C)CC2)c1. The van der Waals surface area contributed by atoms with E-state index in [2.05, 4.69) is 22.0 Å². The second kappa shape index (κ2) is 12.1. The van der Waals surface area contributed by atoms with E-state index in [1.807, 2.05) is 36.1 Å². The minimum Gasteiger partial charge on any atom is -0.494 e. The number of hydrogen-bond donors (Lipinski definition) is 1. The highest BCUT2D eigenvalue weighted by molar-refractivity contribution is 5.79. The number of carbonyl (C=O) groups is 2. The molecule has 31 heavy (non-hydrogen) atoms. The summed E-state index contributed by atoms with van der Waals surface area (Å²) < 4.78 is 5.71. The van der Waals surface area contributed by atoms with Crippen LogP contribution in [0.15, 0.2) is 24.3 Å². The number of rotatable bonds is 9. The third-order valence-electron chi connectivity index (χ3n) is 6.22. The smallest absolute Gasteiger partial charge is 0.236 e. The molecule has 2 saturated heterocycles. The Labute approximate surface area is 186 Å². The Kier molecular flexibility index (Phi) is 9.15. The van der Waals surface area contributed by atoms with Crippen LogP contribution in [0.1, 0.15) is 38.2 Å². The molecule has 7 nitrogen and oxygen atoms in total. The van der Waals surface area contributed by atoms with Crippen LogP contribution >= 0.6 is 0 Å². The van der Waals surface area contributed by atoms with Crippen molar-refractivity contribution in [3.63, 3.8) is 0 Å². The van der Waals surface area contributed by atoms with E-state index < -0.39 is 0 Å². The lowest BCUT2D eigenvalue weighted by atomic mass is 10.0. The van der Waals surface area contributed by atoms with Gasteiger partial charge in [0.15, 0.2) is 0 Å². The van der Waals surface area contributed by atoms with Crippen molar-refractivity contribution in [2.75, 3.05) is 59.0 Å². The first-order valence-corrected chi connectivity index (χ1v) is 11.7. The topological polar surface area (TPSA) is 65.1 Å². The minimum atomic E-state index is 0.0576. The third kappa shape index (κ3) is 7.82. The van der Waals surface area contributed by atoms with Crippen LogP contribution in [0.2, 0.25) is 0 Å². The van der Waals surface area contributed by atoms with Gasteiger partial charge in [-0.2, -0.15) is 0 Å². The molecule has 2 heterocycles. The predicted octanol–water partition coefficient (Wildman–Crippen LogP) is 1.90. The number of benzene rings is 1. The van der Waals surface area contributed by atoms with Crippen molar-refractivity contribution in [1.29, 1.82) is 0 Å². The van der Waals surface area contributed by atoms with Crippen LogP contribution in [0, 0.1) is 6.92 Å². The average molecular weight is 431 g/mol. The summed E-state index contributed by atoms with van der Waals surface area (Å²) in [5, 5.41) is 2.98. The van der Waals surface area contributed by atoms with Crippen molar-refractivity contribution in [2.24, 2.45) is 0 Å².